The molecule has 12 heteroatoms. The van der Waals surface area contributed by atoms with Gasteiger partial charge in [0, 0.05) is 37.2 Å². The first-order valence-corrected chi connectivity index (χ1v) is 12.5. The van der Waals surface area contributed by atoms with E-state index in [1.807, 2.05) is 35.8 Å². The Morgan fingerprint density at radius 3 is 2.92 bits per heavy atom. The second kappa shape index (κ2) is 9.80. The third-order valence-corrected chi connectivity index (χ3v) is 6.94. The number of H-pyrrole nitrogens is 1. The lowest BCUT2D eigenvalue weighted by Crippen LogP contribution is -2.34. The van der Waals surface area contributed by atoms with Crippen molar-refractivity contribution in [1.82, 2.24) is 24.3 Å². The fraction of sp³-hybridized carbons (Fsp3) is 0.333. The van der Waals surface area contributed by atoms with E-state index >= 15 is 0 Å². The van der Waals surface area contributed by atoms with E-state index in [-0.39, 0.29) is 17.9 Å². The van der Waals surface area contributed by atoms with E-state index in [1.54, 1.807) is 26.1 Å². The number of amides is 1. The lowest BCUT2D eigenvalue weighted by Gasteiger charge is -2.26. The number of aryl methyl sites for hydroxylation is 2. The summed E-state index contributed by atoms with van der Waals surface area (Å²) < 4.78 is 25.4. The van der Waals surface area contributed by atoms with Gasteiger partial charge in [-0.05, 0) is 31.2 Å². The Balaban J connectivity index is 1.52. The van der Waals surface area contributed by atoms with Gasteiger partial charge in [0.15, 0.2) is 0 Å². The summed E-state index contributed by atoms with van der Waals surface area (Å²) in [4.78, 5) is 25.4. The molecule has 0 bridgehead atoms. The van der Waals surface area contributed by atoms with Crippen molar-refractivity contribution in [3.8, 4) is 17.1 Å². The van der Waals surface area contributed by atoms with Crippen molar-refractivity contribution in [2.45, 2.75) is 32.9 Å². The number of aromatic hydroxyl groups is 1. The molecule has 1 aliphatic heterocycles. The normalized spacial score (nSPS) is 19.6. The van der Waals surface area contributed by atoms with Crippen molar-refractivity contribution in [2.24, 2.45) is 18.0 Å². The van der Waals surface area contributed by atoms with Crippen LogP contribution in [-0.2, 0) is 33.3 Å². The molecule has 3 aromatic heterocycles. The largest absolute Gasteiger partial charge is 0.493 e. The number of nitrogens with one attached hydrogen (secondary N) is 1. The predicted octanol–water partition coefficient (Wildman–Crippen LogP) is 2.54. The van der Waals surface area contributed by atoms with E-state index in [0.29, 0.717) is 47.7 Å². The number of aromatic nitrogens is 5. The highest BCUT2D eigenvalue weighted by molar-refractivity contribution is 7.75. The summed E-state index contributed by atoms with van der Waals surface area (Å²) in [7, 11) is 1.62. The van der Waals surface area contributed by atoms with E-state index in [9.17, 15) is 14.1 Å². The van der Waals surface area contributed by atoms with E-state index in [0.717, 1.165) is 11.0 Å². The molecule has 11 nitrogen and oxygen atoms in total. The molecule has 1 unspecified atom stereocenters. The molecule has 1 amide bonds. The zero-order valence-electron chi connectivity index (χ0n) is 20.0. The maximum atomic E-state index is 13.3. The minimum Gasteiger partial charge on any atom is -0.493 e. The van der Waals surface area contributed by atoms with Gasteiger partial charge in [-0.2, -0.15) is 14.3 Å². The molecule has 3 atom stereocenters. The highest BCUT2D eigenvalue weighted by atomic mass is 32.2. The van der Waals surface area contributed by atoms with Gasteiger partial charge in [-0.3, -0.25) is 18.1 Å². The SMILES string of the molecule is Cc1cc(C(=O)/N=c2\[nH]c3ccccc3n2C[C@@H](C)[C@H]2CCOS(=O)O2)cc(-c2cnn(C)c2O)n1. The number of hydrogen-bond donors (Lipinski definition) is 2. The second-order valence-corrected chi connectivity index (χ2v) is 9.64. The Kier molecular flexibility index (Phi) is 6.56. The molecule has 2 N–H and O–H groups in total. The van der Waals surface area contributed by atoms with Crippen LogP contribution in [0.25, 0.3) is 22.3 Å². The minimum absolute atomic E-state index is 0.0190. The zero-order chi connectivity index (χ0) is 25.4. The predicted molar refractivity (Wildman–Crippen MR) is 132 cm³/mol. The van der Waals surface area contributed by atoms with Gasteiger partial charge in [0.2, 0.25) is 11.5 Å². The fourth-order valence-corrected chi connectivity index (χ4v) is 5.06. The van der Waals surface area contributed by atoms with E-state index in [2.05, 4.69) is 20.1 Å². The topological polar surface area (TPSA) is 137 Å². The number of imidazole rings is 1. The highest BCUT2D eigenvalue weighted by Gasteiger charge is 2.27. The molecule has 4 heterocycles. The second-order valence-electron chi connectivity index (χ2n) is 8.81. The van der Waals surface area contributed by atoms with Crippen LogP contribution in [0, 0.1) is 12.8 Å². The third kappa shape index (κ3) is 4.74. The van der Waals surface area contributed by atoms with Gasteiger partial charge in [0.05, 0.1) is 41.2 Å². The Morgan fingerprint density at radius 1 is 1.36 bits per heavy atom. The van der Waals surface area contributed by atoms with Crippen molar-refractivity contribution in [2.75, 3.05) is 6.61 Å². The summed E-state index contributed by atoms with van der Waals surface area (Å²) in [5.74, 6) is -0.516. The summed E-state index contributed by atoms with van der Waals surface area (Å²) in [5, 5.41) is 14.3. The van der Waals surface area contributed by atoms with Crippen LogP contribution >= 0.6 is 0 Å². The zero-order valence-corrected chi connectivity index (χ0v) is 20.9. The fourth-order valence-electron chi connectivity index (χ4n) is 4.29. The van der Waals surface area contributed by atoms with Gasteiger partial charge in [-0.15, -0.1) is 0 Å². The van der Waals surface area contributed by atoms with Crippen molar-refractivity contribution in [3.63, 3.8) is 0 Å². The number of benzene rings is 1. The smallest absolute Gasteiger partial charge is 0.304 e. The first-order valence-electron chi connectivity index (χ1n) is 11.5. The van der Waals surface area contributed by atoms with Crippen molar-refractivity contribution < 1.29 is 22.5 Å². The Hall–Kier alpha value is -3.61. The highest BCUT2D eigenvalue weighted by Crippen LogP contribution is 2.28. The molecule has 1 aromatic carbocycles. The molecule has 0 spiro atoms. The lowest BCUT2D eigenvalue weighted by atomic mass is 10.0. The van der Waals surface area contributed by atoms with Gasteiger partial charge < -0.3 is 14.7 Å². The maximum Gasteiger partial charge on any atom is 0.304 e. The van der Waals surface area contributed by atoms with E-state index in [4.69, 9.17) is 8.37 Å². The van der Waals surface area contributed by atoms with Crippen LogP contribution < -0.4 is 5.62 Å². The molecule has 36 heavy (non-hydrogen) atoms. The first kappa shape index (κ1) is 24.1. The molecule has 5 rings (SSSR count). The van der Waals surface area contributed by atoms with Crippen molar-refractivity contribution >= 4 is 28.3 Å². The van der Waals surface area contributed by atoms with Gasteiger partial charge in [0.1, 0.15) is 0 Å². The summed E-state index contributed by atoms with van der Waals surface area (Å²) in [6, 6.07) is 10.9. The summed E-state index contributed by atoms with van der Waals surface area (Å²) in [6.07, 6.45) is 1.88. The van der Waals surface area contributed by atoms with E-state index in [1.165, 1.54) is 10.9 Å². The minimum atomic E-state index is -1.75. The number of carbonyl (C=O) groups excluding carboxylic acids is 1. The number of nitrogens with zero attached hydrogens (tertiary/aromatic N) is 5. The monoisotopic (exact) mass is 510 g/mol. The summed E-state index contributed by atoms with van der Waals surface area (Å²) in [5.41, 5.74) is 3.91. The van der Waals surface area contributed by atoms with Crippen molar-refractivity contribution in [1.29, 1.82) is 0 Å². The molecule has 0 aliphatic carbocycles. The molecule has 1 aliphatic rings. The quantitative estimate of drug-likeness (QED) is 0.421. The van der Waals surface area contributed by atoms with Crippen molar-refractivity contribution in [3.05, 3.63) is 59.5 Å². The molecule has 0 saturated carbocycles. The van der Waals surface area contributed by atoms with Gasteiger partial charge in [0.25, 0.3) is 5.91 Å². The molecular weight excluding hydrogens is 484 g/mol. The Morgan fingerprint density at radius 2 is 2.17 bits per heavy atom. The number of aromatic amines is 1. The van der Waals surface area contributed by atoms with Gasteiger partial charge in [-0.1, -0.05) is 19.1 Å². The average Bonchev–Trinajstić information content (AvgIpc) is 3.37. The molecule has 0 radical (unpaired) electrons. The Labute approximate surface area is 209 Å². The molecular formula is C24H26N6O5S. The molecule has 188 valence electrons. The number of pyridine rings is 1. The van der Waals surface area contributed by atoms with Crippen LogP contribution in [0.3, 0.4) is 0 Å². The first-order chi connectivity index (χ1) is 17.3. The van der Waals surface area contributed by atoms with Gasteiger partial charge >= 0.3 is 11.4 Å². The standard InChI is InChI=1S/C24H26N6O5S/c1-14(21-8-9-34-36(33)35-21)13-30-20-7-5-4-6-18(20)27-24(30)28-22(31)16-10-15(2)26-19(11-16)17-12-25-29(3)23(17)32/h4-7,10-12,14,21,32H,8-9,13H2,1-3H3,(H,27,28,31)/t14-,21-,36?/m1/s1. The molecule has 1 fully saturated rings. The van der Waals surface area contributed by atoms with Crippen LogP contribution in [0.5, 0.6) is 5.88 Å². The van der Waals surface area contributed by atoms with E-state index < -0.39 is 17.3 Å². The average molecular weight is 511 g/mol. The number of carbonyl (C=O) groups is 1. The van der Waals surface area contributed by atoms with Crippen LogP contribution in [0.2, 0.25) is 0 Å². The third-order valence-electron chi connectivity index (χ3n) is 6.18. The van der Waals surface area contributed by atoms with Crippen LogP contribution in [0.1, 0.15) is 29.4 Å². The number of hydrogen-bond acceptors (Lipinski definition) is 7. The number of fused-ring (bicyclic) bond motifs is 1. The van der Waals surface area contributed by atoms with Crippen LogP contribution in [0.4, 0.5) is 0 Å². The summed E-state index contributed by atoms with van der Waals surface area (Å²) in [6.45, 7) is 4.64. The molecule has 1 saturated heterocycles. The van der Waals surface area contributed by atoms with Gasteiger partial charge in [-0.25, -0.2) is 4.68 Å². The Bertz CT molecular complexity index is 1540. The summed E-state index contributed by atoms with van der Waals surface area (Å²) >= 11 is -1.75. The van der Waals surface area contributed by atoms with Crippen LogP contribution in [0.15, 0.2) is 47.6 Å². The lowest BCUT2D eigenvalue weighted by molar-refractivity contribution is 0.0684. The maximum absolute atomic E-state index is 13.3. The molecule has 4 aromatic rings. The van der Waals surface area contributed by atoms with Crippen LogP contribution in [-0.4, -0.2) is 52.2 Å². The number of rotatable bonds is 5. The number of para-hydroxylation sites is 2.